The molecule has 0 spiro atoms. The second kappa shape index (κ2) is 6.67. The maximum absolute atomic E-state index is 5.91. The number of nitrogens with zero attached hydrogens (tertiary/aromatic N) is 2. The number of likely N-dealkylation sites (tertiary alicyclic amines) is 1. The third kappa shape index (κ3) is 3.26. The van der Waals surface area contributed by atoms with Gasteiger partial charge in [0, 0.05) is 24.0 Å². The van der Waals surface area contributed by atoms with E-state index in [2.05, 4.69) is 29.0 Å². The van der Waals surface area contributed by atoms with Gasteiger partial charge in [-0.25, -0.2) is 4.98 Å². The van der Waals surface area contributed by atoms with Crippen molar-refractivity contribution in [1.82, 2.24) is 15.2 Å². The average molecular weight is 348 g/mol. The highest BCUT2D eigenvalue weighted by Gasteiger charge is 2.58. The topological polar surface area (TPSA) is 50.5 Å². The Morgan fingerprint density at radius 2 is 1.96 bits per heavy atom. The number of aryl methyl sites for hydroxylation is 2. The van der Waals surface area contributed by atoms with Crippen LogP contribution in [0, 0.1) is 31.1 Å². The van der Waals surface area contributed by atoms with Crippen molar-refractivity contribution >= 4 is 0 Å². The molecule has 1 saturated carbocycles. The minimum absolute atomic E-state index is 0.294. The number of hydrogen-bond donors (Lipinski definition) is 1. The normalized spacial score (nSPS) is 32.6. The summed E-state index contributed by atoms with van der Waals surface area (Å²) in [6.07, 6.45) is 4.26. The number of piperidine rings is 1. The molecule has 140 valence electrons. The summed E-state index contributed by atoms with van der Waals surface area (Å²) < 4.78 is 11.6. The summed E-state index contributed by atoms with van der Waals surface area (Å²) >= 11 is 0. The van der Waals surface area contributed by atoms with Crippen LogP contribution in [0.4, 0.5) is 0 Å². The fraction of sp³-hybridized carbons (Fsp3) is 0.850. The molecule has 0 aromatic carbocycles. The van der Waals surface area contributed by atoms with Crippen molar-refractivity contribution in [3.63, 3.8) is 0 Å². The zero-order valence-corrected chi connectivity index (χ0v) is 16.2. The number of nitrogens with one attached hydrogen (secondary N) is 1. The van der Waals surface area contributed by atoms with Crippen molar-refractivity contribution in [2.45, 2.75) is 65.6 Å². The van der Waals surface area contributed by atoms with E-state index in [0.717, 1.165) is 62.0 Å². The predicted octanol–water partition coefficient (Wildman–Crippen LogP) is 2.91. The molecule has 0 radical (unpaired) electrons. The third-order valence-electron chi connectivity index (χ3n) is 6.87. The summed E-state index contributed by atoms with van der Waals surface area (Å²) in [5.74, 6) is 3.36. The minimum atomic E-state index is 0.294. The number of fused-ring (bicyclic) bond motifs is 1. The van der Waals surface area contributed by atoms with Gasteiger partial charge in [-0.05, 0) is 58.7 Å². The zero-order chi connectivity index (χ0) is 17.6. The largest absolute Gasteiger partial charge is 0.444 e. The van der Waals surface area contributed by atoms with Crippen LogP contribution in [-0.2, 0) is 11.3 Å². The van der Waals surface area contributed by atoms with Crippen molar-refractivity contribution in [2.24, 2.45) is 17.3 Å². The molecule has 25 heavy (non-hydrogen) atoms. The van der Waals surface area contributed by atoms with E-state index in [1.165, 1.54) is 19.3 Å². The number of rotatable bonds is 5. The van der Waals surface area contributed by atoms with E-state index in [-0.39, 0.29) is 0 Å². The van der Waals surface area contributed by atoms with Gasteiger partial charge in [0.15, 0.2) is 0 Å². The Balaban J connectivity index is 1.21. The van der Waals surface area contributed by atoms with Gasteiger partial charge in [0.1, 0.15) is 5.76 Å². The molecule has 3 atom stereocenters. The second-order valence-corrected chi connectivity index (χ2v) is 8.92. The first-order chi connectivity index (χ1) is 11.9. The van der Waals surface area contributed by atoms with Crippen LogP contribution in [-0.4, -0.2) is 48.3 Å². The molecule has 0 bridgehead atoms. The van der Waals surface area contributed by atoms with Gasteiger partial charge < -0.3 is 14.5 Å². The fourth-order valence-corrected chi connectivity index (χ4v) is 5.18. The first-order valence-electron chi connectivity index (χ1n) is 9.95. The summed E-state index contributed by atoms with van der Waals surface area (Å²) in [7, 11) is 0. The van der Waals surface area contributed by atoms with Crippen molar-refractivity contribution in [1.29, 1.82) is 0 Å². The molecule has 4 rings (SSSR count). The minimum Gasteiger partial charge on any atom is -0.444 e. The van der Waals surface area contributed by atoms with E-state index in [0.29, 0.717) is 17.6 Å². The molecule has 1 aliphatic carbocycles. The Labute approximate surface area is 151 Å². The van der Waals surface area contributed by atoms with Gasteiger partial charge in [0.25, 0.3) is 0 Å². The Morgan fingerprint density at radius 1 is 1.20 bits per heavy atom. The van der Waals surface area contributed by atoms with Gasteiger partial charge in [0.05, 0.1) is 18.3 Å². The molecular formula is C20H33N3O2. The van der Waals surface area contributed by atoms with Gasteiger partial charge in [0.2, 0.25) is 5.89 Å². The molecule has 5 nitrogen and oxygen atoms in total. The monoisotopic (exact) mass is 347 g/mol. The summed E-state index contributed by atoms with van der Waals surface area (Å²) in [4.78, 5) is 7.00. The van der Waals surface area contributed by atoms with Gasteiger partial charge in [-0.2, -0.15) is 0 Å². The highest BCUT2D eigenvalue weighted by Crippen LogP contribution is 2.52. The molecule has 2 aliphatic heterocycles. The molecule has 1 unspecified atom stereocenters. The zero-order valence-electron chi connectivity index (χ0n) is 16.2. The second-order valence-electron chi connectivity index (χ2n) is 8.92. The van der Waals surface area contributed by atoms with E-state index >= 15 is 0 Å². The number of aromatic nitrogens is 1. The summed E-state index contributed by atoms with van der Waals surface area (Å²) in [6, 6.07) is 0.635. The van der Waals surface area contributed by atoms with Crippen molar-refractivity contribution in [3.8, 4) is 0 Å². The molecule has 2 saturated heterocycles. The van der Waals surface area contributed by atoms with Crippen LogP contribution in [0.2, 0.25) is 0 Å². The van der Waals surface area contributed by atoms with Crippen LogP contribution < -0.4 is 5.32 Å². The SMILES string of the molecule is Cc1nc(CN2CCC(CNC3[C@@H]4CCO[C@@H]4C3(C)C)CC2)oc1C. The Morgan fingerprint density at radius 3 is 2.64 bits per heavy atom. The lowest BCUT2D eigenvalue weighted by Crippen LogP contribution is -2.66. The Hall–Kier alpha value is -0.910. The fourth-order valence-electron chi connectivity index (χ4n) is 5.18. The predicted molar refractivity (Wildman–Crippen MR) is 97.4 cm³/mol. The Bertz CT molecular complexity index is 585. The first kappa shape index (κ1) is 17.5. The molecule has 1 aromatic heterocycles. The van der Waals surface area contributed by atoms with Crippen molar-refractivity contribution < 1.29 is 9.15 Å². The summed E-state index contributed by atoms with van der Waals surface area (Å²) in [5.41, 5.74) is 1.31. The number of hydrogen-bond acceptors (Lipinski definition) is 5. The van der Waals surface area contributed by atoms with E-state index < -0.39 is 0 Å². The van der Waals surface area contributed by atoms with Crippen LogP contribution in [0.5, 0.6) is 0 Å². The standard InChI is InChI=1S/C20H33N3O2/c1-13-14(2)25-17(22-13)12-23-8-5-15(6-9-23)11-21-18-16-7-10-24-19(16)20(18,3)4/h15-16,18-19,21H,5-12H2,1-4H3/t16-,18?,19-/m0/s1. The molecule has 5 heteroatoms. The lowest BCUT2D eigenvalue weighted by Gasteiger charge is -2.55. The van der Waals surface area contributed by atoms with Gasteiger partial charge >= 0.3 is 0 Å². The molecular weight excluding hydrogens is 314 g/mol. The molecule has 0 amide bonds. The molecule has 1 N–H and O–H groups in total. The molecule has 1 aromatic rings. The number of oxazole rings is 1. The van der Waals surface area contributed by atoms with Crippen molar-refractivity contribution in [3.05, 3.63) is 17.3 Å². The summed E-state index contributed by atoms with van der Waals surface area (Å²) in [6.45, 7) is 14.0. The van der Waals surface area contributed by atoms with Gasteiger partial charge in [-0.1, -0.05) is 13.8 Å². The molecule has 3 fully saturated rings. The van der Waals surface area contributed by atoms with Crippen LogP contribution >= 0.6 is 0 Å². The Kier molecular flexibility index (Phi) is 4.67. The molecule has 3 heterocycles. The van der Waals surface area contributed by atoms with Crippen LogP contribution in [0.3, 0.4) is 0 Å². The first-order valence-corrected chi connectivity index (χ1v) is 9.95. The average Bonchev–Trinajstić information content (AvgIpc) is 3.15. The van der Waals surface area contributed by atoms with E-state index in [1.807, 2.05) is 13.8 Å². The number of ether oxygens (including phenoxy) is 1. The van der Waals surface area contributed by atoms with E-state index in [9.17, 15) is 0 Å². The maximum atomic E-state index is 5.91. The maximum Gasteiger partial charge on any atom is 0.208 e. The van der Waals surface area contributed by atoms with Crippen molar-refractivity contribution in [2.75, 3.05) is 26.2 Å². The smallest absolute Gasteiger partial charge is 0.208 e. The summed E-state index contributed by atoms with van der Waals surface area (Å²) in [5, 5.41) is 3.90. The highest BCUT2D eigenvalue weighted by molar-refractivity contribution is 5.11. The van der Waals surface area contributed by atoms with Crippen LogP contribution in [0.1, 0.15) is 50.5 Å². The lowest BCUT2D eigenvalue weighted by molar-refractivity contribution is -0.113. The van der Waals surface area contributed by atoms with Crippen LogP contribution in [0.15, 0.2) is 4.42 Å². The third-order valence-corrected chi connectivity index (χ3v) is 6.87. The quantitative estimate of drug-likeness (QED) is 0.887. The highest BCUT2D eigenvalue weighted by atomic mass is 16.5. The molecule has 3 aliphatic rings. The van der Waals surface area contributed by atoms with E-state index in [1.54, 1.807) is 0 Å². The van der Waals surface area contributed by atoms with Crippen LogP contribution in [0.25, 0.3) is 0 Å². The lowest BCUT2D eigenvalue weighted by atomic mass is 9.57. The van der Waals surface area contributed by atoms with Gasteiger partial charge in [-0.3, -0.25) is 4.90 Å². The van der Waals surface area contributed by atoms with Gasteiger partial charge in [-0.15, -0.1) is 0 Å². The van der Waals surface area contributed by atoms with E-state index in [4.69, 9.17) is 9.15 Å².